The summed E-state index contributed by atoms with van der Waals surface area (Å²) in [5, 5.41) is 6.30. The van der Waals surface area contributed by atoms with Gasteiger partial charge in [0.25, 0.3) is 0 Å². The smallest absolute Gasteiger partial charge is 0.123 e. The summed E-state index contributed by atoms with van der Waals surface area (Å²) < 4.78 is 13.3. The Morgan fingerprint density at radius 3 is 2.62 bits per heavy atom. The van der Waals surface area contributed by atoms with E-state index < -0.39 is 0 Å². The third-order valence-electron chi connectivity index (χ3n) is 5.49. The summed E-state index contributed by atoms with van der Waals surface area (Å²) in [6.07, 6.45) is 5.69. The lowest BCUT2D eigenvalue weighted by atomic mass is 9.76. The molecule has 3 aromatic carbocycles. The van der Waals surface area contributed by atoms with Crippen LogP contribution >= 0.6 is 0 Å². The molecule has 0 spiro atoms. The second kappa shape index (κ2) is 5.20. The Balaban J connectivity index is 1.69. The van der Waals surface area contributed by atoms with E-state index in [1.807, 2.05) is 12.1 Å². The maximum atomic E-state index is 13.3. The number of anilines is 1. The molecule has 0 bridgehead atoms. The van der Waals surface area contributed by atoms with Crippen molar-refractivity contribution in [1.29, 1.82) is 0 Å². The van der Waals surface area contributed by atoms with E-state index in [1.54, 1.807) is 12.1 Å². The molecule has 3 aromatic rings. The van der Waals surface area contributed by atoms with Crippen LogP contribution in [-0.2, 0) is 0 Å². The van der Waals surface area contributed by atoms with Gasteiger partial charge in [0, 0.05) is 17.0 Å². The molecule has 5 rings (SSSR count). The molecule has 0 saturated heterocycles. The molecule has 0 aromatic heterocycles. The summed E-state index contributed by atoms with van der Waals surface area (Å²) in [5.74, 6) is 0.742. The zero-order valence-electron chi connectivity index (χ0n) is 13.2. The van der Waals surface area contributed by atoms with Gasteiger partial charge in [-0.3, -0.25) is 0 Å². The van der Waals surface area contributed by atoms with Gasteiger partial charge >= 0.3 is 0 Å². The van der Waals surface area contributed by atoms with E-state index in [-0.39, 0.29) is 11.9 Å². The maximum Gasteiger partial charge on any atom is 0.123 e. The highest BCUT2D eigenvalue weighted by molar-refractivity contribution is 5.96. The van der Waals surface area contributed by atoms with Gasteiger partial charge in [-0.25, -0.2) is 4.39 Å². The van der Waals surface area contributed by atoms with Crippen molar-refractivity contribution in [3.63, 3.8) is 0 Å². The fourth-order valence-corrected chi connectivity index (χ4v) is 4.34. The third kappa shape index (κ3) is 1.99. The van der Waals surface area contributed by atoms with Gasteiger partial charge in [-0.1, -0.05) is 60.7 Å². The highest BCUT2D eigenvalue weighted by Crippen LogP contribution is 2.51. The molecule has 0 saturated carbocycles. The van der Waals surface area contributed by atoms with Crippen LogP contribution in [0, 0.1) is 11.7 Å². The standard InChI is InChI=1S/C22H18FN/c23-16-11-8-15(9-12-16)21-19-7-3-6-18(19)20-13-10-14-4-1-2-5-17(14)22(20)24-21/h1-6,8-13,18-19,21,24H,7H2/t18-,19+,21+/m1/s1. The highest BCUT2D eigenvalue weighted by Gasteiger charge is 2.38. The number of hydrogen-bond acceptors (Lipinski definition) is 1. The molecule has 1 nitrogen and oxygen atoms in total. The van der Waals surface area contributed by atoms with E-state index in [0.29, 0.717) is 11.8 Å². The molecule has 1 aliphatic carbocycles. The predicted molar refractivity (Wildman–Crippen MR) is 96.7 cm³/mol. The maximum absolute atomic E-state index is 13.3. The molecule has 118 valence electrons. The molecular formula is C22H18FN. The van der Waals surface area contributed by atoms with Crippen molar-refractivity contribution in [3.8, 4) is 0 Å². The van der Waals surface area contributed by atoms with Crippen molar-refractivity contribution in [2.45, 2.75) is 18.4 Å². The molecule has 0 fully saturated rings. The quantitative estimate of drug-likeness (QED) is 0.559. The number of nitrogens with one attached hydrogen (secondary N) is 1. The Hall–Kier alpha value is -2.61. The summed E-state index contributed by atoms with van der Waals surface area (Å²) in [7, 11) is 0. The van der Waals surface area contributed by atoms with Crippen LogP contribution in [0.4, 0.5) is 10.1 Å². The van der Waals surface area contributed by atoms with Crippen LogP contribution in [0.2, 0.25) is 0 Å². The van der Waals surface area contributed by atoms with Crippen molar-refractivity contribution in [2.24, 2.45) is 5.92 Å². The zero-order valence-corrected chi connectivity index (χ0v) is 13.2. The van der Waals surface area contributed by atoms with Gasteiger partial charge in [-0.2, -0.15) is 0 Å². The first-order valence-corrected chi connectivity index (χ1v) is 8.51. The number of fused-ring (bicyclic) bond motifs is 5. The molecule has 0 radical (unpaired) electrons. The van der Waals surface area contributed by atoms with Gasteiger partial charge in [0.15, 0.2) is 0 Å². The van der Waals surface area contributed by atoms with E-state index in [0.717, 1.165) is 12.0 Å². The van der Waals surface area contributed by atoms with Gasteiger partial charge in [-0.05, 0) is 41.0 Å². The van der Waals surface area contributed by atoms with Crippen molar-refractivity contribution < 1.29 is 4.39 Å². The molecule has 2 aliphatic rings. The summed E-state index contributed by atoms with van der Waals surface area (Å²) in [6, 6.07) is 20.2. The summed E-state index contributed by atoms with van der Waals surface area (Å²) in [5.41, 5.74) is 3.77. The van der Waals surface area contributed by atoms with E-state index in [9.17, 15) is 4.39 Å². The van der Waals surface area contributed by atoms with Crippen LogP contribution < -0.4 is 5.32 Å². The molecule has 0 amide bonds. The minimum Gasteiger partial charge on any atom is -0.377 e. The molecule has 1 aliphatic heterocycles. The van der Waals surface area contributed by atoms with Gasteiger partial charge in [0.05, 0.1) is 6.04 Å². The molecule has 1 heterocycles. The monoisotopic (exact) mass is 315 g/mol. The summed E-state index contributed by atoms with van der Waals surface area (Å²) >= 11 is 0. The van der Waals surface area contributed by atoms with Crippen LogP contribution in [0.15, 0.2) is 72.8 Å². The van der Waals surface area contributed by atoms with Crippen molar-refractivity contribution >= 4 is 16.5 Å². The Morgan fingerprint density at radius 2 is 1.75 bits per heavy atom. The molecule has 24 heavy (non-hydrogen) atoms. The summed E-state index contributed by atoms with van der Waals surface area (Å²) in [4.78, 5) is 0. The van der Waals surface area contributed by atoms with Gasteiger partial charge in [0.1, 0.15) is 5.82 Å². The number of hydrogen-bond donors (Lipinski definition) is 1. The average Bonchev–Trinajstić information content (AvgIpc) is 3.11. The van der Waals surface area contributed by atoms with Gasteiger partial charge in [0.2, 0.25) is 0 Å². The van der Waals surface area contributed by atoms with Crippen LogP contribution in [-0.4, -0.2) is 0 Å². The van der Waals surface area contributed by atoms with Crippen LogP contribution in [0.5, 0.6) is 0 Å². The first-order chi connectivity index (χ1) is 11.8. The van der Waals surface area contributed by atoms with Crippen molar-refractivity contribution in [2.75, 3.05) is 5.32 Å². The Bertz CT molecular complexity index is 942. The minimum absolute atomic E-state index is 0.179. The fraction of sp³-hybridized carbons (Fsp3) is 0.182. The number of halogens is 1. The largest absolute Gasteiger partial charge is 0.377 e. The van der Waals surface area contributed by atoms with E-state index in [2.05, 4.69) is 53.9 Å². The second-order valence-electron chi connectivity index (χ2n) is 6.78. The molecule has 3 atom stereocenters. The van der Waals surface area contributed by atoms with E-state index >= 15 is 0 Å². The number of rotatable bonds is 1. The number of allylic oxidation sites excluding steroid dienone is 2. The summed E-state index contributed by atoms with van der Waals surface area (Å²) in [6.45, 7) is 0. The topological polar surface area (TPSA) is 12.0 Å². The molecular weight excluding hydrogens is 297 g/mol. The van der Waals surface area contributed by atoms with Crippen LogP contribution in [0.25, 0.3) is 10.8 Å². The number of benzene rings is 3. The van der Waals surface area contributed by atoms with Crippen LogP contribution in [0.1, 0.15) is 29.5 Å². The molecule has 1 N–H and O–H groups in total. The Kier molecular flexibility index (Phi) is 2.99. The molecule has 2 heteroatoms. The van der Waals surface area contributed by atoms with E-state index in [4.69, 9.17) is 0 Å². The predicted octanol–water partition coefficient (Wildman–Crippen LogP) is 5.81. The average molecular weight is 315 g/mol. The lowest BCUT2D eigenvalue weighted by Gasteiger charge is -2.38. The minimum atomic E-state index is -0.179. The Morgan fingerprint density at radius 1 is 0.917 bits per heavy atom. The normalized spacial score (nSPS) is 24.5. The molecule has 0 unspecified atom stereocenters. The highest BCUT2D eigenvalue weighted by atomic mass is 19.1. The lowest BCUT2D eigenvalue weighted by molar-refractivity contribution is 0.426. The van der Waals surface area contributed by atoms with E-state index in [1.165, 1.54) is 22.0 Å². The second-order valence-corrected chi connectivity index (χ2v) is 6.78. The van der Waals surface area contributed by atoms with Crippen LogP contribution in [0.3, 0.4) is 0 Å². The third-order valence-corrected chi connectivity index (χ3v) is 5.49. The van der Waals surface area contributed by atoms with Crippen molar-refractivity contribution in [1.82, 2.24) is 0 Å². The fourth-order valence-electron chi connectivity index (χ4n) is 4.34. The SMILES string of the molecule is Fc1ccc([C@@H]2Nc3c(ccc4ccccc34)[C@@H]3C=CC[C@@H]32)cc1. The van der Waals surface area contributed by atoms with Gasteiger partial charge < -0.3 is 5.32 Å². The first-order valence-electron chi connectivity index (χ1n) is 8.51. The van der Waals surface area contributed by atoms with Crippen molar-refractivity contribution in [3.05, 3.63) is 89.8 Å². The Labute approximate surface area is 140 Å². The first kappa shape index (κ1) is 13.8. The lowest BCUT2D eigenvalue weighted by Crippen LogP contribution is -2.29. The zero-order chi connectivity index (χ0) is 16.1. The van der Waals surface area contributed by atoms with Gasteiger partial charge in [-0.15, -0.1) is 0 Å².